The molecule has 178 valence electrons. The quantitative estimate of drug-likeness (QED) is 0.439. The number of hydrogen-bond donors (Lipinski definition) is 0. The van der Waals surface area contributed by atoms with E-state index in [2.05, 4.69) is 42.5 Å². The first-order valence-corrected chi connectivity index (χ1v) is 11.9. The van der Waals surface area contributed by atoms with Crippen molar-refractivity contribution in [3.05, 3.63) is 83.4 Å². The Hall–Kier alpha value is -3.02. The van der Waals surface area contributed by atoms with Crippen LogP contribution in [0.15, 0.2) is 66.7 Å². The summed E-state index contributed by atoms with van der Waals surface area (Å²) in [5, 5.41) is 4.14. The van der Waals surface area contributed by atoms with Crippen LogP contribution in [0, 0.1) is 5.41 Å². The van der Waals surface area contributed by atoms with Crippen LogP contribution in [0.5, 0.6) is 0 Å². The van der Waals surface area contributed by atoms with E-state index in [9.17, 15) is 9.59 Å². The second-order valence-electron chi connectivity index (χ2n) is 10.1. The van der Waals surface area contributed by atoms with Gasteiger partial charge in [0.25, 0.3) is 0 Å². The maximum atomic E-state index is 12.5. The van der Waals surface area contributed by atoms with E-state index in [0.29, 0.717) is 26.1 Å². The van der Waals surface area contributed by atoms with Gasteiger partial charge in [-0.05, 0) is 60.7 Å². The Morgan fingerprint density at radius 2 is 1.71 bits per heavy atom. The fraction of sp³-hybridized carbons (Fsp3) is 0.379. The molecule has 1 fully saturated rings. The van der Waals surface area contributed by atoms with Crippen molar-refractivity contribution in [2.75, 3.05) is 13.1 Å². The number of nitrogens with zero attached hydrogens (tertiary/aromatic N) is 1. The molecule has 3 aromatic carbocycles. The zero-order chi connectivity index (χ0) is 24.1. The first kappa shape index (κ1) is 24.1. The molecule has 0 aromatic heterocycles. The Bertz CT molecular complexity index is 1130. The van der Waals surface area contributed by atoms with E-state index in [1.54, 1.807) is 5.06 Å². The smallest absolute Gasteiger partial charge is 0.330 e. The average molecular weight is 460 g/mol. The van der Waals surface area contributed by atoms with E-state index in [0.717, 1.165) is 23.8 Å². The normalized spacial score (nSPS) is 19.1. The molecule has 4 rings (SSSR count). The van der Waals surface area contributed by atoms with Crippen LogP contribution in [0.3, 0.4) is 0 Å². The molecule has 1 heterocycles. The molecule has 5 heteroatoms. The van der Waals surface area contributed by atoms with Crippen LogP contribution in [0.25, 0.3) is 10.8 Å². The van der Waals surface area contributed by atoms with Crippen molar-refractivity contribution in [1.29, 1.82) is 0 Å². The Kier molecular flexibility index (Phi) is 7.44. The monoisotopic (exact) mass is 459 g/mol. The second kappa shape index (κ2) is 10.5. The van der Waals surface area contributed by atoms with E-state index in [4.69, 9.17) is 9.57 Å². The van der Waals surface area contributed by atoms with Crippen LogP contribution < -0.4 is 0 Å². The molecule has 1 aliphatic heterocycles. The zero-order valence-corrected chi connectivity index (χ0v) is 20.2. The third kappa shape index (κ3) is 5.91. The van der Waals surface area contributed by atoms with E-state index < -0.39 is 5.41 Å². The van der Waals surface area contributed by atoms with Crippen molar-refractivity contribution in [3.8, 4) is 0 Å². The number of hydrogen-bond acceptors (Lipinski definition) is 5. The minimum Gasteiger partial charge on any atom is -0.371 e. The number of rotatable bonds is 7. The van der Waals surface area contributed by atoms with E-state index in [-0.39, 0.29) is 18.0 Å². The number of benzene rings is 3. The molecular weight excluding hydrogens is 426 g/mol. The number of carbonyl (C=O) groups excluding carboxylic acids is 2. The predicted molar refractivity (Wildman–Crippen MR) is 133 cm³/mol. The highest BCUT2D eigenvalue weighted by Crippen LogP contribution is 2.32. The maximum Gasteiger partial charge on any atom is 0.330 e. The van der Waals surface area contributed by atoms with Crippen LogP contribution in [-0.2, 0) is 32.2 Å². The number of carbonyl (C=O) groups is 2. The van der Waals surface area contributed by atoms with Crippen molar-refractivity contribution in [2.24, 2.45) is 5.41 Å². The van der Waals surface area contributed by atoms with Gasteiger partial charge in [0.05, 0.1) is 24.7 Å². The lowest BCUT2D eigenvalue weighted by molar-refractivity contribution is -0.216. The Morgan fingerprint density at radius 3 is 2.41 bits per heavy atom. The highest BCUT2D eigenvalue weighted by Gasteiger charge is 2.35. The van der Waals surface area contributed by atoms with E-state index >= 15 is 0 Å². The van der Waals surface area contributed by atoms with Crippen LogP contribution in [-0.4, -0.2) is 36.5 Å². The van der Waals surface area contributed by atoms with Gasteiger partial charge in [-0.3, -0.25) is 0 Å². The lowest BCUT2D eigenvalue weighted by atomic mass is 9.87. The summed E-state index contributed by atoms with van der Waals surface area (Å²) in [6.45, 7) is 7.22. The Labute approximate surface area is 201 Å². The third-order valence-corrected chi connectivity index (χ3v) is 6.35. The molecule has 2 unspecified atom stereocenters. The summed E-state index contributed by atoms with van der Waals surface area (Å²) >= 11 is 0. The molecule has 5 nitrogen and oxygen atoms in total. The second-order valence-corrected chi connectivity index (χ2v) is 10.1. The molecule has 0 aliphatic carbocycles. The van der Waals surface area contributed by atoms with Gasteiger partial charge in [0.15, 0.2) is 0 Å². The van der Waals surface area contributed by atoms with Crippen molar-refractivity contribution in [3.63, 3.8) is 0 Å². The molecule has 1 aliphatic rings. The summed E-state index contributed by atoms with van der Waals surface area (Å²) < 4.78 is 6.47. The van der Waals surface area contributed by atoms with Crippen LogP contribution in [0.1, 0.15) is 49.8 Å². The number of hydroxylamine groups is 2. The molecule has 1 saturated heterocycles. The predicted octanol–water partition coefficient (Wildman–Crippen LogP) is 5.46. The fourth-order valence-electron chi connectivity index (χ4n) is 4.30. The summed E-state index contributed by atoms with van der Waals surface area (Å²) in [4.78, 5) is 29.0. The lowest BCUT2D eigenvalue weighted by Gasteiger charge is -2.38. The molecule has 0 radical (unpaired) electrons. The molecule has 2 atom stereocenters. The Balaban J connectivity index is 1.51. The number of ether oxygens (including phenoxy) is 1. The summed E-state index contributed by atoms with van der Waals surface area (Å²) in [5.74, 6) is -0.0622. The SMILES string of the molecule is CC(C)(C)C(=O)ON1CCC(c2ccc(CC=O)cc2)C(OCc2ccc3ccccc3c2)C1. The summed E-state index contributed by atoms with van der Waals surface area (Å²) in [6, 6.07) is 22.9. The summed E-state index contributed by atoms with van der Waals surface area (Å²) in [5.41, 5.74) is 2.73. The van der Waals surface area contributed by atoms with Gasteiger partial charge in [0.1, 0.15) is 6.29 Å². The fourth-order valence-corrected chi connectivity index (χ4v) is 4.30. The van der Waals surface area contributed by atoms with Crippen molar-refractivity contribution in [2.45, 2.75) is 52.2 Å². The summed E-state index contributed by atoms with van der Waals surface area (Å²) in [6.07, 6.45) is 2.02. The number of fused-ring (bicyclic) bond motifs is 1. The first-order chi connectivity index (χ1) is 16.3. The van der Waals surface area contributed by atoms with Gasteiger partial charge in [0, 0.05) is 18.9 Å². The first-order valence-electron chi connectivity index (χ1n) is 11.9. The third-order valence-electron chi connectivity index (χ3n) is 6.35. The molecular formula is C29H33NO4. The molecule has 0 N–H and O–H groups in total. The molecule has 0 spiro atoms. The minimum atomic E-state index is -0.563. The van der Waals surface area contributed by atoms with Crippen molar-refractivity contribution in [1.82, 2.24) is 5.06 Å². The van der Waals surface area contributed by atoms with Crippen LogP contribution >= 0.6 is 0 Å². The topological polar surface area (TPSA) is 55.8 Å². The van der Waals surface area contributed by atoms with Crippen molar-refractivity contribution >= 4 is 23.0 Å². The van der Waals surface area contributed by atoms with Gasteiger partial charge < -0.3 is 14.4 Å². The van der Waals surface area contributed by atoms with Gasteiger partial charge in [0.2, 0.25) is 0 Å². The van der Waals surface area contributed by atoms with Gasteiger partial charge in [-0.1, -0.05) is 60.7 Å². The van der Waals surface area contributed by atoms with Gasteiger partial charge in [-0.15, -0.1) is 5.06 Å². The minimum absolute atomic E-state index is 0.134. The highest BCUT2D eigenvalue weighted by atomic mass is 16.7. The summed E-state index contributed by atoms with van der Waals surface area (Å²) in [7, 11) is 0. The largest absolute Gasteiger partial charge is 0.371 e. The Morgan fingerprint density at radius 1 is 1.00 bits per heavy atom. The number of aldehydes is 1. The molecule has 34 heavy (non-hydrogen) atoms. The standard InChI is InChI=1S/C29H33NO4/c1-29(2,3)28(32)34-30-16-14-26(24-12-8-21(9-13-24)15-17-31)27(19-30)33-20-22-10-11-23-6-4-5-7-25(23)18-22/h4-13,17-18,26-27H,14-16,19-20H2,1-3H3. The van der Waals surface area contributed by atoms with Crippen molar-refractivity contribution < 1.29 is 19.2 Å². The number of piperidine rings is 1. The van der Waals surface area contributed by atoms with Gasteiger partial charge in [-0.25, -0.2) is 4.79 Å². The van der Waals surface area contributed by atoms with Crippen LogP contribution in [0.4, 0.5) is 0 Å². The maximum absolute atomic E-state index is 12.5. The van der Waals surface area contributed by atoms with Gasteiger partial charge >= 0.3 is 5.97 Å². The zero-order valence-electron chi connectivity index (χ0n) is 20.2. The van der Waals surface area contributed by atoms with Gasteiger partial charge in [-0.2, -0.15) is 0 Å². The molecule has 0 amide bonds. The van der Waals surface area contributed by atoms with E-state index in [1.165, 1.54) is 16.3 Å². The molecule has 0 saturated carbocycles. The van der Waals surface area contributed by atoms with Crippen LogP contribution in [0.2, 0.25) is 0 Å². The molecule has 0 bridgehead atoms. The van der Waals surface area contributed by atoms with E-state index in [1.807, 2.05) is 45.0 Å². The molecule has 3 aromatic rings. The highest BCUT2D eigenvalue weighted by molar-refractivity contribution is 5.82. The average Bonchev–Trinajstić information content (AvgIpc) is 2.83. The lowest BCUT2D eigenvalue weighted by Crippen LogP contribution is -2.46.